The summed E-state index contributed by atoms with van der Waals surface area (Å²) in [5, 5.41) is 13.5. The highest BCUT2D eigenvalue weighted by atomic mass is 35.5. The van der Waals surface area contributed by atoms with Crippen LogP contribution in [0.5, 0.6) is 11.5 Å². The fraction of sp³-hybridized carbons (Fsp3) is 0.0952. The minimum atomic E-state index is -3.98. The Hall–Kier alpha value is -3.83. The molecule has 0 aliphatic heterocycles. The van der Waals surface area contributed by atoms with Crippen LogP contribution in [0, 0.1) is 10.1 Å². The summed E-state index contributed by atoms with van der Waals surface area (Å²) < 4.78 is 38.3. The summed E-state index contributed by atoms with van der Waals surface area (Å²) in [6, 6.07) is 13.5. The minimum Gasteiger partial charge on any atom is -0.497 e. The molecule has 0 atom stereocenters. The summed E-state index contributed by atoms with van der Waals surface area (Å²) in [6.45, 7) is 0. The lowest BCUT2D eigenvalue weighted by Crippen LogP contribution is -2.15. The maximum absolute atomic E-state index is 12.8. The van der Waals surface area contributed by atoms with Crippen molar-refractivity contribution in [2.24, 2.45) is 0 Å². The number of hydrogen-bond acceptors (Lipinski definition) is 7. The molecule has 0 unspecified atom stereocenters. The van der Waals surface area contributed by atoms with Gasteiger partial charge in [0.15, 0.2) is 0 Å². The second kappa shape index (κ2) is 9.76. The van der Waals surface area contributed by atoms with Gasteiger partial charge in [0.25, 0.3) is 21.6 Å². The van der Waals surface area contributed by atoms with Gasteiger partial charge in [-0.15, -0.1) is 0 Å². The number of nitrogens with one attached hydrogen (secondary N) is 2. The normalized spacial score (nSPS) is 10.9. The van der Waals surface area contributed by atoms with E-state index >= 15 is 0 Å². The summed E-state index contributed by atoms with van der Waals surface area (Å²) in [5.41, 5.74) is 0.0782. The summed E-state index contributed by atoms with van der Waals surface area (Å²) in [7, 11) is -1.12. The number of rotatable bonds is 8. The van der Waals surface area contributed by atoms with Crippen molar-refractivity contribution in [3.8, 4) is 11.5 Å². The molecule has 0 aromatic heterocycles. The molecular weight excluding hydrogens is 474 g/mol. The Balaban J connectivity index is 1.79. The van der Waals surface area contributed by atoms with Crippen molar-refractivity contribution in [1.82, 2.24) is 0 Å². The van der Waals surface area contributed by atoms with Gasteiger partial charge in [-0.2, -0.15) is 0 Å². The number of hydrogen-bond donors (Lipinski definition) is 2. The van der Waals surface area contributed by atoms with E-state index in [4.69, 9.17) is 21.1 Å². The Bertz CT molecular complexity index is 1310. The fourth-order valence-corrected chi connectivity index (χ4v) is 4.08. The number of non-ortho nitro benzene ring substituents is 1. The molecule has 0 fully saturated rings. The van der Waals surface area contributed by atoms with Crippen molar-refractivity contribution in [1.29, 1.82) is 0 Å². The molecule has 3 rings (SSSR count). The van der Waals surface area contributed by atoms with Crippen molar-refractivity contribution >= 4 is 44.6 Å². The van der Waals surface area contributed by atoms with E-state index < -0.39 is 20.9 Å². The van der Waals surface area contributed by atoms with E-state index in [1.807, 2.05) is 0 Å². The largest absolute Gasteiger partial charge is 0.497 e. The quantitative estimate of drug-likeness (QED) is 0.353. The molecule has 0 aliphatic carbocycles. The first-order chi connectivity index (χ1) is 15.6. The first-order valence-corrected chi connectivity index (χ1v) is 11.1. The highest BCUT2D eigenvalue weighted by Gasteiger charge is 2.19. The number of sulfonamides is 1. The summed E-state index contributed by atoms with van der Waals surface area (Å²) in [6.07, 6.45) is 0. The van der Waals surface area contributed by atoms with E-state index in [1.54, 1.807) is 12.1 Å². The number of benzene rings is 3. The lowest BCUT2D eigenvalue weighted by molar-refractivity contribution is -0.384. The number of halogens is 1. The number of nitro benzene ring substituents is 1. The maximum atomic E-state index is 12.8. The van der Waals surface area contributed by atoms with Gasteiger partial charge in [0, 0.05) is 23.9 Å². The van der Waals surface area contributed by atoms with Crippen LogP contribution in [0.3, 0.4) is 0 Å². The van der Waals surface area contributed by atoms with Gasteiger partial charge in [-0.1, -0.05) is 11.6 Å². The molecule has 0 spiro atoms. The predicted molar refractivity (Wildman–Crippen MR) is 123 cm³/mol. The molecule has 1 amide bonds. The second-order valence-electron chi connectivity index (χ2n) is 6.57. The molecule has 12 heteroatoms. The Kier molecular flexibility index (Phi) is 7.04. The molecule has 0 radical (unpaired) electrons. The van der Waals surface area contributed by atoms with Crippen molar-refractivity contribution in [3.63, 3.8) is 0 Å². The van der Waals surface area contributed by atoms with Crippen LogP contribution in [0.15, 0.2) is 65.6 Å². The average Bonchev–Trinajstić information content (AvgIpc) is 2.79. The number of ether oxygens (including phenoxy) is 2. The first-order valence-electron chi connectivity index (χ1n) is 9.25. The maximum Gasteiger partial charge on any atom is 0.270 e. The van der Waals surface area contributed by atoms with Crippen molar-refractivity contribution in [2.45, 2.75) is 4.90 Å². The van der Waals surface area contributed by atoms with E-state index in [2.05, 4.69) is 10.0 Å². The third kappa shape index (κ3) is 5.51. The van der Waals surface area contributed by atoms with E-state index in [0.717, 1.165) is 6.07 Å². The third-order valence-corrected chi connectivity index (χ3v) is 6.19. The molecule has 0 aliphatic rings. The Morgan fingerprint density at radius 3 is 2.30 bits per heavy atom. The number of carbonyl (C=O) groups is 1. The van der Waals surface area contributed by atoms with Crippen LogP contribution >= 0.6 is 11.6 Å². The van der Waals surface area contributed by atoms with Gasteiger partial charge in [0.2, 0.25) is 0 Å². The molecule has 0 heterocycles. The van der Waals surface area contributed by atoms with Crippen LogP contribution in [0.4, 0.5) is 17.1 Å². The number of amides is 1. The highest BCUT2D eigenvalue weighted by Crippen LogP contribution is 2.31. The summed E-state index contributed by atoms with van der Waals surface area (Å²) >= 11 is 5.98. The van der Waals surface area contributed by atoms with Crippen LogP contribution in [0.1, 0.15) is 10.4 Å². The number of nitrogens with zero attached hydrogens (tertiary/aromatic N) is 1. The zero-order valence-corrected chi connectivity index (χ0v) is 18.9. The van der Waals surface area contributed by atoms with Crippen molar-refractivity contribution < 1.29 is 27.6 Å². The molecular formula is C21H18ClN3O7S. The van der Waals surface area contributed by atoms with Crippen LogP contribution in [0.25, 0.3) is 0 Å². The van der Waals surface area contributed by atoms with Crippen molar-refractivity contribution in [2.75, 3.05) is 24.3 Å². The van der Waals surface area contributed by atoms with E-state index in [-0.39, 0.29) is 32.5 Å². The molecule has 3 aromatic carbocycles. The van der Waals surface area contributed by atoms with Gasteiger partial charge >= 0.3 is 0 Å². The molecule has 0 saturated heterocycles. The fourth-order valence-electron chi connectivity index (χ4n) is 2.81. The van der Waals surface area contributed by atoms with Crippen LogP contribution in [0.2, 0.25) is 5.02 Å². The number of carbonyl (C=O) groups excluding carboxylic acids is 1. The van der Waals surface area contributed by atoms with Gasteiger partial charge < -0.3 is 14.8 Å². The first kappa shape index (κ1) is 23.8. The average molecular weight is 492 g/mol. The molecule has 0 bridgehead atoms. The SMILES string of the molecule is COc1ccc(OC)c(NS(=O)(=O)c2ccc(NC(=O)c3cc([N+](=O)[O-])ccc3Cl)cc2)c1. The highest BCUT2D eigenvalue weighted by molar-refractivity contribution is 7.92. The molecule has 33 heavy (non-hydrogen) atoms. The number of methoxy groups -OCH3 is 2. The van der Waals surface area contributed by atoms with Gasteiger partial charge in [-0.05, 0) is 42.5 Å². The summed E-state index contributed by atoms with van der Waals surface area (Å²) in [4.78, 5) is 22.7. The van der Waals surface area contributed by atoms with E-state index in [1.165, 1.54) is 56.7 Å². The topological polar surface area (TPSA) is 137 Å². The standard InChI is InChI=1S/C21H18ClN3O7S/c1-31-15-6-10-20(32-2)19(12-15)24-33(29,30)16-7-3-13(4-8-16)23-21(26)17-11-14(25(27)28)5-9-18(17)22/h3-12,24H,1-2H3,(H,23,26). The van der Waals surface area contributed by atoms with Gasteiger partial charge in [-0.25, -0.2) is 8.42 Å². The third-order valence-electron chi connectivity index (χ3n) is 4.48. The predicted octanol–water partition coefficient (Wildman–Crippen LogP) is 4.32. The lowest BCUT2D eigenvalue weighted by Gasteiger charge is -2.13. The number of anilines is 2. The smallest absolute Gasteiger partial charge is 0.270 e. The lowest BCUT2D eigenvalue weighted by atomic mass is 10.2. The van der Waals surface area contributed by atoms with E-state index in [9.17, 15) is 23.3 Å². The molecule has 2 N–H and O–H groups in total. The zero-order chi connectivity index (χ0) is 24.2. The van der Waals surface area contributed by atoms with E-state index in [0.29, 0.717) is 11.5 Å². The zero-order valence-electron chi connectivity index (χ0n) is 17.4. The Morgan fingerprint density at radius 2 is 1.70 bits per heavy atom. The Labute approximate surface area is 194 Å². The van der Waals surface area contributed by atoms with Crippen LogP contribution in [-0.2, 0) is 10.0 Å². The molecule has 3 aromatic rings. The summed E-state index contributed by atoms with van der Waals surface area (Å²) in [5.74, 6) is 0.0574. The Morgan fingerprint density at radius 1 is 1.00 bits per heavy atom. The number of nitro groups is 1. The monoisotopic (exact) mass is 491 g/mol. The van der Waals surface area contributed by atoms with Gasteiger partial charge in [-0.3, -0.25) is 19.6 Å². The van der Waals surface area contributed by atoms with Crippen molar-refractivity contribution in [3.05, 3.63) is 81.4 Å². The van der Waals surface area contributed by atoms with Gasteiger partial charge in [0.05, 0.1) is 40.3 Å². The second-order valence-corrected chi connectivity index (χ2v) is 8.66. The molecule has 10 nitrogen and oxygen atoms in total. The molecule has 0 saturated carbocycles. The molecule has 172 valence electrons. The minimum absolute atomic E-state index is 0.0359. The van der Waals surface area contributed by atoms with Crippen LogP contribution < -0.4 is 19.5 Å². The van der Waals surface area contributed by atoms with Crippen LogP contribution in [-0.4, -0.2) is 33.5 Å². The van der Waals surface area contributed by atoms with Gasteiger partial charge in [0.1, 0.15) is 11.5 Å².